The summed E-state index contributed by atoms with van der Waals surface area (Å²) in [6.45, 7) is 2.75. The Labute approximate surface area is 144 Å². The van der Waals surface area contributed by atoms with Crippen molar-refractivity contribution in [3.8, 4) is 0 Å². The molecular formula is C17H20FN3O4. The third-order valence-electron chi connectivity index (χ3n) is 4.69. The van der Waals surface area contributed by atoms with Gasteiger partial charge in [-0.2, -0.15) is 0 Å². The number of piperidine rings is 1. The second kappa shape index (κ2) is 6.70. The van der Waals surface area contributed by atoms with Gasteiger partial charge < -0.3 is 20.6 Å². The number of hydrogen-bond donors (Lipinski definition) is 3. The van der Waals surface area contributed by atoms with E-state index < -0.39 is 23.7 Å². The first kappa shape index (κ1) is 17.2. The number of nitrogens with zero attached hydrogens (tertiary/aromatic N) is 1. The molecule has 2 aliphatic heterocycles. The number of nitrogens with one attached hydrogen (secondary N) is 2. The van der Waals surface area contributed by atoms with E-state index in [9.17, 15) is 23.9 Å². The van der Waals surface area contributed by atoms with Crippen molar-refractivity contribution in [1.82, 2.24) is 10.2 Å². The number of halogens is 1. The average molecular weight is 349 g/mol. The quantitative estimate of drug-likeness (QED) is 0.756. The van der Waals surface area contributed by atoms with Gasteiger partial charge in [-0.05, 0) is 30.9 Å². The number of carboxylic acids is 1. The molecule has 1 fully saturated rings. The van der Waals surface area contributed by atoms with Gasteiger partial charge in [-0.3, -0.25) is 9.59 Å². The molecule has 0 saturated carbocycles. The Hall–Kier alpha value is -2.64. The lowest BCUT2D eigenvalue weighted by molar-refractivity contribution is -0.143. The first-order valence-electron chi connectivity index (χ1n) is 8.25. The van der Waals surface area contributed by atoms with Gasteiger partial charge in [0.15, 0.2) is 5.82 Å². The monoisotopic (exact) mass is 349 g/mol. The Morgan fingerprint density at radius 1 is 1.36 bits per heavy atom. The van der Waals surface area contributed by atoms with Crippen LogP contribution in [-0.2, 0) is 11.2 Å². The second-order valence-corrected chi connectivity index (χ2v) is 6.67. The number of carboxylic acid groups (broad SMARTS) is 1. The highest BCUT2D eigenvalue weighted by Crippen LogP contribution is 2.26. The fraction of sp³-hybridized carbons (Fsp3) is 0.471. The number of amides is 3. The Morgan fingerprint density at radius 2 is 2.12 bits per heavy atom. The van der Waals surface area contributed by atoms with E-state index >= 15 is 0 Å². The SMILES string of the molecule is CC1CC(C(=O)O)CN(C(=O)Nc2ccc3c(c2F)CCNC3=O)C1. The standard InChI is InChI=1S/C17H20FN3O4/c1-9-6-10(16(23)24)8-21(7-9)17(25)20-13-3-2-12-11(14(13)18)4-5-19-15(12)22/h2-3,9-10H,4-8H2,1H3,(H,19,22)(H,20,25)(H,23,24). The maximum absolute atomic E-state index is 14.6. The van der Waals surface area contributed by atoms with Crippen LogP contribution in [0.1, 0.15) is 29.3 Å². The maximum Gasteiger partial charge on any atom is 0.321 e. The predicted molar refractivity (Wildman–Crippen MR) is 87.9 cm³/mol. The molecule has 0 radical (unpaired) electrons. The molecular weight excluding hydrogens is 329 g/mol. The molecule has 2 atom stereocenters. The molecule has 2 aliphatic rings. The predicted octanol–water partition coefficient (Wildman–Crippen LogP) is 1.69. The highest BCUT2D eigenvalue weighted by atomic mass is 19.1. The fourth-order valence-electron chi connectivity index (χ4n) is 3.46. The first-order valence-corrected chi connectivity index (χ1v) is 8.25. The van der Waals surface area contributed by atoms with E-state index in [1.807, 2.05) is 6.92 Å². The second-order valence-electron chi connectivity index (χ2n) is 6.67. The summed E-state index contributed by atoms with van der Waals surface area (Å²) in [4.78, 5) is 36.8. The summed E-state index contributed by atoms with van der Waals surface area (Å²) in [5.41, 5.74) is 0.569. The Bertz CT molecular complexity index is 737. The van der Waals surface area contributed by atoms with E-state index in [-0.39, 0.29) is 35.2 Å². The van der Waals surface area contributed by atoms with Crippen LogP contribution in [0.5, 0.6) is 0 Å². The van der Waals surface area contributed by atoms with Gasteiger partial charge in [0.1, 0.15) is 0 Å². The van der Waals surface area contributed by atoms with Crippen LogP contribution < -0.4 is 10.6 Å². The summed E-state index contributed by atoms with van der Waals surface area (Å²) in [6, 6.07) is 2.32. The van der Waals surface area contributed by atoms with Crippen molar-refractivity contribution in [3.05, 3.63) is 29.1 Å². The third kappa shape index (κ3) is 3.42. The molecule has 134 valence electrons. The topological polar surface area (TPSA) is 98.7 Å². The van der Waals surface area contributed by atoms with Gasteiger partial charge in [0.25, 0.3) is 5.91 Å². The number of urea groups is 1. The minimum absolute atomic E-state index is 0.00329. The minimum atomic E-state index is -0.935. The number of aliphatic carboxylic acids is 1. The van der Waals surface area contributed by atoms with Crippen LogP contribution in [0.25, 0.3) is 0 Å². The van der Waals surface area contributed by atoms with Crippen molar-refractivity contribution >= 4 is 23.6 Å². The van der Waals surface area contributed by atoms with Gasteiger partial charge in [0, 0.05) is 30.8 Å². The highest BCUT2D eigenvalue weighted by molar-refractivity contribution is 5.98. The van der Waals surface area contributed by atoms with Crippen LogP contribution in [0.15, 0.2) is 12.1 Å². The van der Waals surface area contributed by atoms with Crippen LogP contribution in [0, 0.1) is 17.7 Å². The van der Waals surface area contributed by atoms with Crippen LogP contribution >= 0.6 is 0 Å². The minimum Gasteiger partial charge on any atom is -0.481 e. The average Bonchev–Trinajstić information content (AvgIpc) is 2.57. The molecule has 2 heterocycles. The van der Waals surface area contributed by atoms with E-state index in [2.05, 4.69) is 10.6 Å². The molecule has 0 bridgehead atoms. The molecule has 2 unspecified atom stereocenters. The van der Waals surface area contributed by atoms with E-state index in [1.165, 1.54) is 17.0 Å². The van der Waals surface area contributed by atoms with E-state index in [4.69, 9.17) is 0 Å². The zero-order valence-electron chi connectivity index (χ0n) is 13.8. The summed E-state index contributed by atoms with van der Waals surface area (Å²) in [5.74, 6) is -2.44. The van der Waals surface area contributed by atoms with Crippen molar-refractivity contribution in [3.63, 3.8) is 0 Å². The maximum atomic E-state index is 14.6. The number of hydrogen-bond acceptors (Lipinski definition) is 3. The molecule has 25 heavy (non-hydrogen) atoms. The zero-order valence-corrected chi connectivity index (χ0v) is 13.8. The van der Waals surface area contributed by atoms with E-state index in [1.54, 1.807) is 0 Å². The smallest absolute Gasteiger partial charge is 0.321 e. The van der Waals surface area contributed by atoms with Crippen LogP contribution in [-0.4, -0.2) is 47.5 Å². The van der Waals surface area contributed by atoms with Crippen molar-refractivity contribution in [2.45, 2.75) is 19.8 Å². The van der Waals surface area contributed by atoms with Gasteiger partial charge in [-0.15, -0.1) is 0 Å². The number of benzene rings is 1. The number of likely N-dealkylation sites (tertiary alicyclic amines) is 1. The van der Waals surface area contributed by atoms with Crippen molar-refractivity contribution in [2.75, 3.05) is 25.0 Å². The molecule has 1 aromatic carbocycles. The van der Waals surface area contributed by atoms with Gasteiger partial charge in [-0.25, -0.2) is 9.18 Å². The van der Waals surface area contributed by atoms with Crippen molar-refractivity contribution < 1.29 is 23.9 Å². The van der Waals surface area contributed by atoms with Gasteiger partial charge in [0.2, 0.25) is 0 Å². The molecule has 3 rings (SSSR count). The normalized spacial score (nSPS) is 22.8. The molecule has 3 amide bonds. The van der Waals surface area contributed by atoms with Crippen molar-refractivity contribution in [2.24, 2.45) is 11.8 Å². The van der Waals surface area contributed by atoms with Crippen LogP contribution in [0.3, 0.4) is 0 Å². The number of carbonyl (C=O) groups excluding carboxylic acids is 2. The zero-order chi connectivity index (χ0) is 18.1. The molecule has 3 N–H and O–H groups in total. The Balaban J connectivity index is 1.77. The number of anilines is 1. The lowest BCUT2D eigenvalue weighted by Gasteiger charge is -2.34. The van der Waals surface area contributed by atoms with E-state index in [0.29, 0.717) is 25.9 Å². The molecule has 8 heteroatoms. The molecule has 0 spiro atoms. The van der Waals surface area contributed by atoms with Crippen LogP contribution in [0.2, 0.25) is 0 Å². The summed E-state index contributed by atoms with van der Waals surface area (Å²) >= 11 is 0. The molecule has 0 aromatic heterocycles. The largest absolute Gasteiger partial charge is 0.481 e. The third-order valence-corrected chi connectivity index (χ3v) is 4.69. The number of rotatable bonds is 2. The Kier molecular flexibility index (Phi) is 4.61. The summed E-state index contributed by atoms with van der Waals surface area (Å²) < 4.78 is 14.6. The first-order chi connectivity index (χ1) is 11.9. The van der Waals surface area contributed by atoms with E-state index in [0.717, 1.165) is 0 Å². The molecule has 1 saturated heterocycles. The van der Waals surface area contributed by atoms with Gasteiger partial charge in [0.05, 0.1) is 11.6 Å². The van der Waals surface area contributed by atoms with Gasteiger partial charge in [-0.1, -0.05) is 6.92 Å². The van der Waals surface area contributed by atoms with Crippen LogP contribution in [0.4, 0.5) is 14.9 Å². The van der Waals surface area contributed by atoms with Crippen molar-refractivity contribution in [1.29, 1.82) is 0 Å². The lowest BCUT2D eigenvalue weighted by atomic mass is 9.91. The molecule has 7 nitrogen and oxygen atoms in total. The molecule has 1 aromatic rings. The Morgan fingerprint density at radius 3 is 2.84 bits per heavy atom. The van der Waals surface area contributed by atoms with Gasteiger partial charge >= 0.3 is 12.0 Å². The molecule has 0 aliphatic carbocycles. The highest BCUT2D eigenvalue weighted by Gasteiger charge is 2.32. The number of carbonyl (C=O) groups is 3. The summed E-state index contributed by atoms with van der Waals surface area (Å²) in [5, 5.41) is 14.3. The summed E-state index contributed by atoms with van der Waals surface area (Å²) in [6.07, 6.45) is 0.875. The summed E-state index contributed by atoms with van der Waals surface area (Å²) in [7, 11) is 0. The lowest BCUT2D eigenvalue weighted by Crippen LogP contribution is -2.47. The number of fused-ring (bicyclic) bond motifs is 1. The fourth-order valence-corrected chi connectivity index (χ4v) is 3.46.